The van der Waals surface area contributed by atoms with Gasteiger partial charge in [-0.3, -0.25) is 4.79 Å². The van der Waals surface area contributed by atoms with Gasteiger partial charge in [-0.05, 0) is 32.1 Å². The molecule has 2 aliphatic carbocycles. The van der Waals surface area contributed by atoms with Crippen LogP contribution in [0.4, 0.5) is 0 Å². The SMILES string of the molecule is NC1(CNC(=O)C2CC=CC2)CCC1. The van der Waals surface area contributed by atoms with E-state index in [1.807, 2.05) is 0 Å². The van der Waals surface area contributed by atoms with E-state index in [-0.39, 0.29) is 17.4 Å². The lowest BCUT2D eigenvalue weighted by atomic mass is 9.77. The molecule has 2 aliphatic rings. The second kappa shape index (κ2) is 3.73. The Hall–Kier alpha value is -0.830. The molecule has 14 heavy (non-hydrogen) atoms. The van der Waals surface area contributed by atoms with Crippen LogP contribution in [0.3, 0.4) is 0 Å². The molecule has 3 nitrogen and oxygen atoms in total. The van der Waals surface area contributed by atoms with Gasteiger partial charge in [0.25, 0.3) is 0 Å². The molecular formula is C11H18N2O. The number of nitrogens with two attached hydrogens (primary N) is 1. The molecule has 0 aromatic rings. The van der Waals surface area contributed by atoms with Crippen molar-refractivity contribution < 1.29 is 4.79 Å². The molecule has 1 fully saturated rings. The third-order valence-corrected chi connectivity index (χ3v) is 3.34. The Labute approximate surface area is 84.7 Å². The summed E-state index contributed by atoms with van der Waals surface area (Å²) in [4.78, 5) is 11.6. The van der Waals surface area contributed by atoms with Gasteiger partial charge in [0.05, 0.1) is 0 Å². The van der Waals surface area contributed by atoms with Crippen molar-refractivity contribution >= 4 is 5.91 Å². The van der Waals surface area contributed by atoms with Gasteiger partial charge in [0.15, 0.2) is 0 Å². The van der Waals surface area contributed by atoms with Crippen LogP contribution in [0, 0.1) is 5.92 Å². The first-order chi connectivity index (χ1) is 6.70. The maximum absolute atomic E-state index is 11.6. The number of carbonyl (C=O) groups excluding carboxylic acids is 1. The molecule has 2 rings (SSSR count). The van der Waals surface area contributed by atoms with Crippen LogP contribution >= 0.6 is 0 Å². The van der Waals surface area contributed by atoms with Crippen molar-refractivity contribution in [3.8, 4) is 0 Å². The van der Waals surface area contributed by atoms with E-state index < -0.39 is 0 Å². The van der Waals surface area contributed by atoms with Gasteiger partial charge in [-0.15, -0.1) is 0 Å². The number of hydrogen-bond acceptors (Lipinski definition) is 2. The Morgan fingerprint density at radius 3 is 2.57 bits per heavy atom. The van der Waals surface area contributed by atoms with Crippen molar-refractivity contribution in [2.45, 2.75) is 37.6 Å². The zero-order chi connectivity index (χ0) is 10.0. The lowest BCUT2D eigenvalue weighted by Crippen LogP contribution is -2.55. The van der Waals surface area contributed by atoms with Crippen LogP contribution in [0.5, 0.6) is 0 Å². The number of allylic oxidation sites excluding steroid dienone is 2. The molecular weight excluding hydrogens is 176 g/mol. The molecule has 78 valence electrons. The minimum atomic E-state index is -0.0955. The van der Waals surface area contributed by atoms with E-state index in [1.165, 1.54) is 6.42 Å². The zero-order valence-electron chi connectivity index (χ0n) is 8.46. The molecule has 0 spiro atoms. The van der Waals surface area contributed by atoms with E-state index in [0.29, 0.717) is 6.54 Å². The smallest absolute Gasteiger partial charge is 0.223 e. The van der Waals surface area contributed by atoms with Crippen LogP contribution in [0.1, 0.15) is 32.1 Å². The first kappa shape index (κ1) is 9.71. The van der Waals surface area contributed by atoms with E-state index in [9.17, 15) is 4.79 Å². The lowest BCUT2D eigenvalue weighted by molar-refractivity contribution is -0.125. The second-order valence-corrected chi connectivity index (χ2v) is 4.57. The summed E-state index contributed by atoms with van der Waals surface area (Å²) in [6.07, 6.45) is 9.24. The summed E-state index contributed by atoms with van der Waals surface area (Å²) < 4.78 is 0. The second-order valence-electron chi connectivity index (χ2n) is 4.57. The van der Waals surface area contributed by atoms with Crippen molar-refractivity contribution in [1.29, 1.82) is 0 Å². The normalized spacial score (nSPS) is 24.6. The fourth-order valence-corrected chi connectivity index (χ4v) is 2.05. The Kier molecular flexibility index (Phi) is 2.59. The quantitative estimate of drug-likeness (QED) is 0.657. The third kappa shape index (κ3) is 1.98. The molecule has 0 unspecified atom stereocenters. The summed E-state index contributed by atoms with van der Waals surface area (Å²) >= 11 is 0. The maximum Gasteiger partial charge on any atom is 0.223 e. The van der Waals surface area contributed by atoms with Gasteiger partial charge in [-0.1, -0.05) is 12.2 Å². The van der Waals surface area contributed by atoms with Crippen LogP contribution in [-0.4, -0.2) is 18.0 Å². The standard InChI is InChI=1S/C11H18N2O/c12-11(6-3-7-11)8-13-10(14)9-4-1-2-5-9/h1-2,9H,3-8,12H2,(H,13,14). The van der Waals surface area contributed by atoms with Gasteiger partial charge in [-0.25, -0.2) is 0 Å². The molecule has 0 radical (unpaired) electrons. The first-order valence-corrected chi connectivity index (χ1v) is 5.41. The Balaban J connectivity index is 1.72. The molecule has 0 atom stereocenters. The Morgan fingerprint density at radius 2 is 2.07 bits per heavy atom. The number of amides is 1. The lowest BCUT2D eigenvalue weighted by Gasteiger charge is -2.38. The highest BCUT2D eigenvalue weighted by atomic mass is 16.1. The van der Waals surface area contributed by atoms with Gasteiger partial charge in [0, 0.05) is 18.0 Å². The Morgan fingerprint density at radius 1 is 1.43 bits per heavy atom. The zero-order valence-corrected chi connectivity index (χ0v) is 8.46. The summed E-state index contributed by atoms with van der Waals surface area (Å²) in [6.45, 7) is 0.655. The molecule has 0 bridgehead atoms. The summed E-state index contributed by atoms with van der Waals surface area (Å²) in [6, 6.07) is 0. The van der Waals surface area contributed by atoms with Crippen molar-refractivity contribution in [3.63, 3.8) is 0 Å². The minimum absolute atomic E-state index is 0.0955. The van der Waals surface area contributed by atoms with E-state index in [2.05, 4.69) is 17.5 Å². The van der Waals surface area contributed by atoms with E-state index in [4.69, 9.17) is 5.73 Å². The highest BCUT2D eigenvalue weighted by Crippen LogP contribution is 2.28. The summed E-state index contributed by atoms with van der Waals surface area (Å²) in [5.74, 6) is 0.338. The molecule has 1 saturated carbocycles. The molecule has 0 aromatic heterocycles. The summed E-state index contributed by atoms with van der Waals surface area (Å²) in [5.41, 5.74) is 5.92. The van der Waals surface area contributed by atoms with E-state index >= 15 is 0 Å². The van der Waals surface area contributed by atoms with Crippen molar-refractivity contribution in [3.05, 3.63) is 12.2 Å². The topological polar surface area (TPSA) is 55.1 Å². The van der Waals surface area contributed by atoms with Gasteiger partial charge in [-0.2, -0.15) is 0 Å². The van der Waals surface area contributed by atoms with Crippen molar-refractivity contribution in [2.24, 2.45) is 11.7 Å². The summed E-state index contributed by atoms with van der Waals surface area (Å²) in [5, 5.41) is 2.96. The largest absolute Gasteiger partial charge is 0.354 e. The fourth-order valence-electron chi connectivity index (χ4n) is 2.05. The average Bonchev–Trinajstić information content (AvgIpc) is 2.63. The molecule has 1 amide bonds. The van der Waals surface area contributed by atoms with Crippen LogP contribution in [0.25, 0.3) is 0 Å². The van der Waals surface area contributed by atoms with Gasteiger partial charge in [0.1, 0.15) is 0 Å². The first-order valence-electron chi connectivity index (χ1n) is 5.41. The molecule has 0 aromatic carbocycles. The van der Waals surface area contributed by atoms with Gasteiger partial charge < -0.3 is 11.1 Å². The van der Waals surface area contributed by atoms with E-state index in [0.717, 1.165) is 25.7 Å². The van der Waals surface area contributed by atoms with Crippen LogP contribution in [0.2, 0.25) is 0 Å². The number of carbonyl (C=O) groups is 1. The predicted molar refractivity (Wildman–Crippen MR) is 55.6 cm³/mol. The monoisotopic (exact) mass is 194 g/mol. The Bertz CT molecular complexity index is 248. The minimum Gasteiger partial charge on any atom is -0.354 e. The number of nitrogens with one attached hydrogen (secondary N) is 1. The molecule has 3 N–H and O–H groups in total. The average molecular weight is 194 g/mol. The number of rotatable bonds is 3. The highest BCUT2D eigenvalue weighted by Gasteiger charge is 2.33. The van der Waals surface area contributed by atoms with E-state index in [1.54, 1.807) is 0 Å². The van der Waals surface area contributed by atoms with Crippen LogP contribution < -0.4 is 11.1 Å². The predicted octanol–water partition coefficient (Wildman–Crippen LogP) is 0.950. The molecule has 3 heteroatoms. The summed E-state index contributed by atoms with van der Waals surface area (Å²) in [7, 11) is 0. The van der Waals surface area contributed by atoms with Crippen LogP contribution in [0.15, 0.2) is 12.2 Å². The maximum atomic E-state index is 11.6. The van der Waals surface area contributed by atoms with Crippen LogP contribution in [-0.2, 0) is 4.79 Å². The fraction of sp³-hybridized carbons (Fsp3) is 0.727. The van der Waals surface area contributed by atoms with Gasteiger partial charge in [0.2, 0.25) is 5.91 Å². The molecule has 0 heterocycles. The molecule has 0 saturated heterocycles. The highest BCUT2D eigenvalue weighted by molar-refractivity contribution is 5.79. The third-order valence-electron chi connectivity index (χ3n) is 3.34. The number of hydrogen-bond donors (Lipinski definition) is 2. The molecule has 0 aliphatic heterocycles. The van der Waals surface area contributed by atoms with Gasteiger partial charge >= 0.3 is 0 Å². The van der Waals surface area contributed by atoms with Crippen molar-refractivity contribution in [1.82, 2.24) is 5.32 Å². The van der Waals surface area contributed by atoms with Crippen molar-refractivity contribution in [2.75, 3.05) is 6.54 Å².